The molecular weight excluding hydrogens is 281 g/mol. The summed E-state index contributed by atoms with van der Waals surface area (Å²) in [4.78, 5) is 11.3. The van der Waals surface area contributed by atoms with Crippen molar-refractivity contribution in [2.24, 2.45) is 0 Å². The van der Waals surface area contributed by atoms with Crippen LogP contribution < -0.4 is 0 Å². The molecule has 0 fully saturated rings. The van der Waals surface area contributed by atoms with Gasteiger partial charge in [-0.3, -0.25) is 0 Å². The molecule has 0 aliphatic rings. The van der Waals surface area contributed by atoms with Gasteiger partial charge in [0.15, 0.2) is 0 Å². The number of methoxy groups -OCH3 is 1. The van der Waals surface area contributed by atoms with Crippen LogP contribution in [-0.2, 0) is 4.74 Å². The van der Waals surface area contributed by atoms with Crippen LogP contribution in [0.2, 0.25) is 5.02 Å². The highest BCUT2D eigenvalue weighted by Gasteiger charge is 2.11. The fraction of sp³-hybridized carbons (Fsp3) is 0.0667. The third kappa shape index (κ3) is 2.63. The Labute approximate surface area is 120 Å². The van der Waals surface area contributed by atoms with Crippen molar-refractivity contribution in [3.63, 3.8) is 0 Å². The maximum atomic E-state index is 13.7. The minimum atomic E-state index is -0.674. The molecule has 0 N–H and O–H groups in total. The summed E-state index contributed by atoms with van der Waals surface area (Å²) >= 11 is 5.85. The SMILES string of the molecule is COC(=O)c1ccc(-c2cc(F)c(C#N)c(Cl)c2)cc1. The van der Waals surface area contributed by atoms with E-state index in [9.17, 15) is 9.18 Å². The summed E-state index contributed by atoms with van der Waals surface area (Å²) in [5, 5.41) is 8.81. The Morgan fingerprint density at radius 2 is 1.90 bits per heavy atom. The van der Waals surface area contributed by atoms with Crippen LogP contribution in [0.4, 0.5) is 4.39 Å². The van der Waals surface area contributed by atoms with E-state index < -0.39 is 11.8 Å². The van der Waals surface area contributed by atoms with Crippen LogP contribution >= 0.6 is 11.6 Å². The van der Waals surface area contributed by atoms with E-state index in [2.05, 4.69) is 4.74 Å². The van der Waals surface area contributed by atoms with Gasteiger partial charge in [0.1, 0.15) is 17.4 Å². The molecule has 2 aromatic carbocycles. The van der Waals surface area contributed by atoms with E-state index in [-0.39, 0.29) is 10.6 Å². The number of carbonyl (C=O) groups excluding carboxylic acids is 1. The summed E-state index contributed by atoms with van der Waals surface area (Å²) in [6.07, 6.45) is 0. The minimum Gasteiger partial charge on any atom is -0.465 e. The van der Waals surface area contributed by atoms with Crippen molar-refractivity contribution in [3.05, 3.63) is 58.4 Å². The summed E-state index contributed by atoms with van der Waals surface area (Å²) in [6, 6.07) is 10.9. The first-order chi connectivity index (χ1) is 9.56. The molecule has 0 unspecified atom stereocenters. The van der Waals surface area contributed by atoms with Crippen molar-refractivity contribution in [2.45, 2.75) is 0 Å². The van der Waals surface area contributed by atoms with Gasteiger partial charge in [0.2, 0.25) is 0 Å². The van der Waals surface area contributed by atoms with Crippen molar-refractivity contribution < 1.29 is 13.9 Å². The van der Waals surface area contributed by atoms with E-state index in [4.69, 9.17) is 16.9 Å². The molecule has 5 heteroatoms. The lowest BCUT2D eigenvalue weighted by atomic mass is 10.0. The lowest BCUT2D eigenvalue weighted by molar-refractivity contribution is 0.0601. The number of nitriles is 1. The second-order valence-electron chi connectivity index (χ2n) is 4.00. The molecule has 0 heterocycles. The Morgan fingerprint density at radius 3 is 2.40 bits per heavy atom. The zero-order valence-corrected chi connectivity index (χ0v) is 11.2. The molecule has 20 heavy (non-hydrogen) atoms. The van der Waals surface area contributed by atoms with Crippen LogP contribution in [0.5, 0.6) is 0 Å². The molecule has 2 aromatic rings. The topological polar surface area (TPSA) is 50.1 Å². The number of benzene rings is 2. The van der Waals surface area contributed by atoms with Crippen LogP contribution in [0.15, 0.2) is 36.4 Å². The Morgan fingerprint density at radius 1 is 1.25 bits per heavy atom. The van der Waals surface area contributed by atoms with Gasteiger partial charge in [-0.15, -0.1) is 0 Å². The van der Waals surface area contributed by atoms with Gasteiger partial charge in [0.25, 0.3) is 0 Å². The fourth-order valence-corrected chi connectivity index (χ4v) is 2.01. The Bertz CT molecular complexity index is 682. The zero-order valence-electron chi connectivity index (χ0n) is 10.5. The van der Waals surface area contributed by atoms with Crippen LogP contribution in [0, 0.1) is 17.1 Å². The normalized spacial score (nSPS) is 9.90. The number of rotatable bonds is 2. The molecule has 3 nitrogen and oxygen atoms in total. The molecule has 0 bridgehead atoms. The Hall–Kier alpha value is -2.38. The van der Waals surface area contributed by atoms with Crippen LogP contribution in [-0.4, -0.2) is 13.1 Å². The highest BCUT2D eigenvalue weighted by atomic mass is 35.5. The largest absolute Gasteiger partial charge is 0.465 e. The third-order valence-electron chi connectivity index (χ3n) is 2.79. The number of esters is 1. The number of nitrogens with zero attached hydrogens (tertiary/aromatic N) is 1. The van der Waals surface area contributed by atoms with E-state index in [1.54, 1.807) is 30.3 Å². The maximum absolute atomic E-state index is 13.7. The summed E-state index contributed by atoms with van der Waals surface area (Å²) in [6.45, 7) is 0. The second kappa shape index (κ2) is 5.72. The summed E-state index contributed by atoms with van der Waals surface area (Å²) < 4.78 is 18.3. The number of halogens is 2. The zero-order chi connectivity index (χ0) is 14.7. The van der Waals surface area contributed by atoms with Crippen molar-refractivity contribution in [3.8, 4) is 17.2 Å². The third-order valence-corrected chi connectivity index (χ3v) is 3.09. The number of hydrogen-bond acceptors (Lipinski definition) is 3. The lowest BCUT2D eigenvalue weighted by Gasteiger charge is -2.06. The highest BCUT2D eigenvalue weighted by Crippen LogP contribution is 2.28. The molecule has 0 aromatic heterocycles. The molecule has 0 aliphatic carbocycles. The second-order valence-corrected chi connectivity index (χ2v) is 4.40. The summed E-state index contributed by atoms with van der Waals surface area (Å²) in [7, 11) is 1.30. The van der Waals surface area contributed by atoms with Gasteiger partial charge < -0.3 is 4.74 Å². The van der Waals surface area contributed by atoms with Crippen molar-refractivity contribution in [1.82, 2.24) is 0 Å². The highest BCUT2D eigenvalue weighted by molar-refractivity contribution is 6.32. The van der Waals surface area contributed by atoms with Gasteiger partial charge >= 0.3 is 5.97 Å². The Kier molecular flexibility index (Phi) is 4.02. The van der Waals surface area contributed by atoms with Gasteiger partial charge in [-0.1, -0.05) is 23.7 Å². The number of carbonyl (C=O) groups is 1. The van der Waals surface area contributed by atoms with Gasteiger partial charge in [-0.25, -0.2) is 9.18 Å². The van der Waals surface area contributed by atoms with E-state index in [0.717, 1.165) is 0 Å². The lowest BCUT2D eigenvalue weighted by Crippen LogP contribution is -2.00. The predicted octanol–water partition coefficient (Wildman–Crippen LogP) is 3.80. The average Bonchev–Trinajstić information content (AvgIpc) is 2.46. The maximum Gasteiger partial charge on any atom is 0.337 e. The van der Waals surface area contributed by atoms with E-state index >= 15 is 0 Å². The average molecular weight is 290 g/mol. The smallest absolute Gasteiger partial charge is 0.337 e. The Balaban J connectivity index is 2.43. The number of ether oxygens (including phenoxy) is 1. The first-order valence-corrected chi connectivity index (χ1v) is 6.02. The van der Waals surface area contributed by atoms with E-state index in [1.807, 2.05) is 0 Å². The fourth-order valence-electron chi connectivity index (χ4n) is 1.76. The van der Waals surface area contributed by atoms with Crippen LogP contribution in [0.3, 0.4) is 0 Å². The molecule has 0 spiro atoms. The standard InChI is InChI=1S/C15H9ClFNO2/c1-20-15(19)10-4-2-9(3-5-10)11-6-13(16)12(8-18)14(17)7-11/h2-7H,1H3. The minimum absolute atomic E-state index is 0.0551. The van der Waals surface area contributed by atoms with Crippen LogP contribution in [0.25, 0.3) is 11.1 Å². The first-order valence-electron chi connectivity index (χ1n) is 5.64. The molecular formula is C15H9ClFNO2. The molecule has 100 valence electrons. The predicted molar refractivity (Wildman–Crippen MR) is 72.9 cm³/mol. The van der Waals surface area contributed by atoms with E-state index in [1.165, 1.54) is 19.2 Å². The van der Waals surface area contributed by atoms with Crippen molar-refractivity contribution in [2.75, 3.05) is 7.11 Å². The first kappa shape index (κ1) is 14.0. The molecule has 0 radical (unpaired) electrons. The quantitative estimate of drug-likeness (QED) is 0.790. The summed E-state index contributed by atoms with van der Waals surface area (Å²) in [5.41, 5.74) is 1.43. The van der Waals surface area contributed by atoms with Gasteiger partial charge in [-0.2, -0.15) is 5.26 Å². The van der Waals surface area contributed by atoms with Crippen LogP contribution in [0.1, 0.15) is 15.9 Å². The monoisotopic (exact) mass is 289 g/mol. The summed E-state index contributed by atoms with van der Waals surface area (Å²) in [5.74, 6) is -1.12. The van der Waals surface area contributed by atoms with Gasteiger partial charge in [0, 0.05) is 0 Å². The van der Waals surface area contributed by atoms with Crippen molar-refractivity contribution in [1.29, 1.82) is 5.26 Å². The van der Waals surface area contributed by atoms with Gasteiger partial charge in [-0.05, 0) is 35.4 Å². The molecule has 0 amide bonds. The molecule has 0 saturated heterocycles. The molecule has 0 atom stereocenters. The molecule has 0 saturated carbocycles. The number of hydrogen-bond donors (Lipinski definition) is 0. The van der Waals surface area contributed by atoms with Crippen molar-refractivity contribution >= 4 is 17.6 Å². The van der Waals surface area contributed by atoms with Gasteiger partial charge in [0.05, 0.1) is 17.7 Å². The van der Waals surface area contributed by atoms with E-state index in [0.29, 0.717) is 16.7 Å². The molecule has 2 rings (SSSR count). The molecule has 0 aliphatic heterocycles.